The molecule has 4 rings (SSSR count). The van der Waals surface area contributed by atoms with Gasteiger partial charge in [-0.15, -0.1) is 0 Å². The fourth-order valence-electron chi connectivity index (χ4n) is 3.16. The Morgan fingerprint density at radius 2 is 1.83 bits per heavy atom. The zero-order valence-electron chi connectivity index (χ0n) is 12.9. The molecular formula is C18H15ClFN3O. The van der Waals surface area contributed by atoms with Gasteiger partial charge >= 0.3 is 0 Å². The predicted octanol–water partition coefficient (Wildman–Crippen LogP) is 3.78. The first kappa shape index (κ1) is 15.1. The van der Waals surface area contributed by atoms with Gasteiger partial charge in [-0.3, -0.25) is 4.79 Å². The first-order valence-electron chi connectivity index (χ1n) is 7.87. The molecule has 4 nitrogen and oxygen atoms in total. The average Bonchev–Trinajstić information content (AvgIpc) is 3.09. The monoisotopic (exact) mass is 343 g/mol. The second-order valence-electron chi connectivity index (χ2n) is 5.86. The van der Waals surface area contributed by atoms with Crippen molar-refractivity contribution < 1.29 is 4.39 Å². The summed E-state index contributed by atoms with van der Waals surface area (Å²) in [6, 6.07) is 11.2. The van der Waals surface area contributed by atoms with Crippen LogP contribution >= 0.6 is 11.6 Å². The van der Waals surface area contributed by atoms with E-state index in [2.05, 4.69) is 9.88 Å². The van der Waals surface area contributed by atoms with E-state index < -0.39 is 5.82 Å². The van der Waals surface area contributed by atoms with Crippen molar-refractivity contribution in [2.45, 2.75) is 12.8 Å². The first-order chi connectivity index (χ1) is 11.6. The van der Waals surface area contributed by atoms with E-state index in [4.69, 9.17) is 11.6 Å². The van der Waals surface area contributed by atoms with Crippen LogP contribution in [-0.4, -0.2) is 22.6 Å². The van der Waals surface area contributed by atoms with Gasteiger partial charge in [0.25, 0.3) is 5.56 Å². The van der Waals surface area contributed by atoms with Crippen molar-refractivity contribution in [3.63, 3.8) is 0 Å². The summed E-state index contributed by atoms with van der Waals surface area (Å²) in [4.78, 5) is 19.9. The van der Waals surface area contributed by atoms with E-state index in [1.807, 2.05) is 0 Å². The molecule has 0 unspecified atom stereocenters. The van der Waals surface area contributed by atoms with Crippen molar-refractivity contribution in [3.05, 3.63) is 63.7 Å². The van der Waals surface area contributed by atoms with Crippen molar-refractivity contribution in [1.29, 1.82) is 0 Å². The van der Waals surface area contributed by atoms with Gasteiger partial charge in [0.05, 0.1) is 21.6 Å². The van der Waals surface area contributed by atoms with Crippen LogP contribution in [0.25, 0.3) is 16.6 Å². The van der Waals surface area contributed by atoms with Crippen LogP contribution in [0.1, 0.15) is 12.8 Å². The molecule has 3 aromatic rings. The fraction of sp³-hybridized carbons (Fsp3) is 0.222. The molecule has 0 bridgehead atoms. The second kappa shape index (κ2) is 5.91. The van der Waals surface area contributed by atoms with E-state index in [0.717, 1.165) is 25.9 Å². The van der Waals surface area contributed by atoms with Gasteiger partial charge in [-0.25, -0.2) is 13.9 Å². The van der Waals surface area contributed by atoms with Gasteiger partial charge in [-0.2, -0.15) is 0 Å². The highest BCUT2D eigenvalue weighted by Gasteiger charge is 2.22. The molecule has 1 aliphatic rings. The van der Waals surface area contributed by atoms with Crippen LogP contribution in [0.5, 0.6) is 0 Å². The number of aromatic nitrogens is 2. The molecule has 1 saturated heterocycles. The molecule has 0 spiro atoms. The Balaban J connectivity index is 2.08. The molecule has 2 heterocycles. The SMILES string of the molecule is O=c1c2c(Cl)cccc2nc(N2CCCC2)n1-c1cccc(F)c1. The summed E-state index contributed by atoms with van der Waals surface area (Å²) in [5.74, 6) is 0.142. The van der Waals surface area contributed by atoms with Gasteiger partial charge in [0.15, 0.2) is 0 Å². The largest absolute Gasteiger partial charge is 0.342 e. The van der Waals surface area contributed by atoms with E-state index >= 15 is 0 Å². The summed E-state index contributed by atoms with van der Waals surface area (Å²) in [6.45, 7) is 1.65. The number of anilines is 1. The Hall–Kier alpha value is -2.40. The summed E-state index contributed by atoms with van der Waals surface area (Å²) in [5, 5.41) is 0.703. The minimum atomic E-state index is -0.397. The molecule has 6 heteroatoms. The summed E-state index contributed by atoms with van der Waals surface area (Å²) in [5.41, 5.74) is 0.733. The summed E-state index contributed by atoms with van der Waals surface area (Å²) in [7, 11) is 0. The van der Waals surface area contributed by atoms with Gasteiger partial charge in [0, 0.05) is 13.1 Å². The minimum absolute atomic E-state index is 0.280. The van der Waals surface area contributed by atoms with Crippen LogP contribution in [0.3, 0.4) is 0 Å². The number of rotatable bonds is 2. The molecule has 122 valence electrons. The Morgan fingerprint density at radius 3 is 2.58 bits per heavy atom. The minimum Gasteiger partial charge on any atom is -0.342 e. The van der Waals surface area contributed by atoms with Gasteiger partial charge < -0.3 is 4.90 Å². The third-order valence-electron chi connectivity index (χ3n) is 4.28. The van der Waals surface area contributed by atoms with Gasteiger partial charge in [0.1, 0.15) is 5.82 Å². The van der Waals surface area contributed by atoms with Crippen LogP contribution in [-0.2, 0) is 0 Å². The lowest BCUT2D eigenvalue weighted by Gasteiger charge is -2.22. The average molecular weight is 344 g/mol. The predicted molar refractivity (Wildman–Crippen MR) is 93.8 cm³/mol. The quantitative estimate of drug-likeness (QED) is 0.710. The van der Waals surface area contributed by atoms with Crippen molar-refractivity contribution in [2.24, 2.45) is 0 Å². The van der Waals surface area contributed by atoms with E-state index in [9.17, 15) is 9.18 Å². The number of benzene rings is 2. The Labute approximate surface area is 143 Å². The van der Waals surface area contributed by atoms with E-state index in [1.54, 1.807) is 30.3 Å². The van der Waals surface area contributed by atoms with E-state index in [1.165, 1.54) is 16.7 Å². The van der Waals surface area contributed by atoms with Crippen molar-refractivity contribution in [1.82, 2.24) is 9.55 Å². The number of hydrogen-bond donors (Lipinski definition) is 0. The van der Waals surface area contributed by atoms with Gasteiger partial charge in [0.2, 0.25) is 5.95 Å². The van der Waals surface area contributed by atoms with Crippen molar-refractivity contribution in [3.8, 4) is 5.69 Å². The number of hydrogen-bond acceptors (Lipinski definition) is 3. The van der Waals surface area contributed by atoms with Crippen molar-refractivity contribution in [2.75, 3.05) is 18.0 Å². The molecular weight excluding hydrogens is 329 g/mol. The topological polar surface area (TPSA) is 38.1 Å². The fourth-order valence-corrected chi connectivity index (χ4v) is 3.41. The molecule has 2 aromatic carbocycles. The smallest absolute Gasteiger partial charge is 0.268 e. The molecule has 1 fully saturated rings. The van der Waals surface area contributed by atoms with Crippen LogP contribution in [0.2, 0.25) is 5.02 Å². The van der Waals surface area contributed by atoms with Gasteiger partial charge in [-0.05, 0) is 43.2 Å². The normalized spacial score (nSPS) is 14.5. The summed E-state index contributed by atoms with van der Waals surface area (Å²) < 4.78 is 15.2. The molecule has 0 N–H and O–H groups in total. The Kier molecular flexibility index (Phi) is 3.73. The molecule has 0 saturated carbocycles. The van der Waals surface area contributed by atoms with E-state index in [-0.39, 0.29) is 5.56 Å². The molecule has 24 heavy (non-hydrogen) atoms. The number of halogens is 2. The molecule has 1 aliphatic heterocycles. The third kappa shape index (κ3) is 2.45. The third-order valence-corrected chi connectivity index (χ3v) is 4.60. The van der Waals surface area contributed by atoms with Crippen LogP contribution < -0.4 is 10.5 Å². The zero-order valence-corrected chi connectivity index (χ0v) is 13.6. The molecule has 0 radical (unpaired) electrons. The van der Waals surface area contributed by atoms with Crippen LogP contribution in [0.15, 0.2) is 47.3 Å². The molecule has 0 amide bonds. The van der Waals surface area contributed by atoms with Gasteiger partial charge in [-0.1, -0.05) is 23.7 Å². The van der Waals surface area contributed by atoms with E-state index in [0.29, 0.717) is 27.6 Å². The lowest BCUT2D eigenvalue weighted by molar-refractivity contribution is 0.626. The molecule has 1 aromatic heterocycles. The maximum atomic E-state index is 13.7. The highest BCUT2D eigenvalue weighted by atomic mass is 35.5. The number of fused-ring (bicyclic) bond motifs is 1. The van der Waals surface area contributed by atoms with Crippen molar-refractivity contribution >= 4 is 28.5 Å². The maximum Gasteiger partial charge on any atom is 0.268 e. The lowest BCUT2D eigenvalue weighted by atomic mass is 10.2. The highest BCUT2D eigenvalue weighted by molar-refractivity contribution is 6.35. The summed E-state index contributed by atoms with van der Waals surface area (Å²) >= 11 is 6.22. The zero-order chi connectivity index (χ0) is 16.7. The molecule has 0 aliphatic carbocycles. The maximum absolute atomic E-state index is 13.7. The Morgan fingerprint density at radius 1 is 1.08 bits per heavy atom. The number of nitrogens with zero attached hydrogens (tertiary/aromatic N) is 3. The summed E-state index contributed by atoms with van der Waals surface area (Å²) in [6.07, 6.45) is 2.10. The lowest BCUT2D eigenvalue weighted by Crippen LogP contribution is -2.30. The van der Waals surface area contributed by atoms with Crippen LogP contribution in [0, 0.1) is 5.82 Å². The first-order valence-corrected chi connectivity index (χ1v) is 8.25. The molecule has 0 atom stereocenters. The van der Waals surface area contributed by atoms with Crippen LogP contribution in [0.4, 0.5) is 10.3 Å². The Bertz CT molecular complexity index is 980. The highest BCUT2D eigenvalue weighted by Crippen LogP contribution is 2.26. The second-order valence-corrected chi connectivity index (χ2v) is 6.27. The standard InChI is InChI=1S/C18H15ClFN3O/c19-14-7-4-8-15-16(14)17(24)23(13-6-3-5-12(20)11-13)18(21-15)22-9-1-2-10-22/h3-8,11H,1-2,9-10H2.